The average Bonchev–Trinajstić information content (AvgIpc) is 2.39. The lowest BCUT2D eigenvalue weighted by atomic mass is 9.69. The van der Waals surface area contributed by atoms with Gasteiger partial charge in [-0.15, -0.1) is 0 Å². The van der Waals surface area contributed by atoms with Gasteiger partial charge in [0.25, 0.3) is 0 Å². The highest BCUT2D eigenvalue weighted by atomic mass is 35.5. The molecule has 94 valence electrons. The number of nitrogens with zero attached hydrogens (tertiary/aromatic N) is 3. The summed E-state index contributed by atoms with van der Waals surface area (Å²) < 4.78 is 0. The monoisotopic (exact) mass is 269 g/mol. The summed E-state index contributed by atoms with van der Waals surface area (Å²) in [4.78, 5) is 8.85. The topological polar surface area (TPSA) is 49.6 Å². The van der Waals surface area contributed by atoms with Crippen LogP contribution in [0.15, 0.2) is 36.5 Å². The smallest absolute Gasteiger partial charge is 0.149 e. The summed E-state index contributed by atoms with van der Waals surface area (Å²) in [5.41, 5.74) is 1.35. The zero-order valence-electron chi connectivity index (χ0n) is 10.3. The molecule has 0 atom stereocenters. The number of rotatable bonds is 2. The van der Waals surface area contributed by atoms with Crippen molar-refractivity contribution in [2.45, 2.75) is 24.7 Å². The van der Waals surface area contributed by atoms with Crippen LogP contribution in [0.1, 0.15) is 25.1 Å². The Balaban J connectivity index is 2.01. The summed E-state index contributed by atoms with van der Waals surface area (Å²) >= 11 is 5.88. The van der Waals surface area contributed by atoms with Crippen molar-refractivity contribution in [1.82, 2.24) is 9.97 Å². The molecular formula is C15H12ClN3. The highest BCUT2D eigenvalue weighted by Crippen LogP contribution is 2.41. The number of hydrogen-bond acceptors (Lipinski definition) is 3. The second-order valence-electron chi connectivity index (χ2n) is 4.82. The molecule has 1 aromatic heterocycles. The van der Waals surface area contributed by atoms with Crippen LogP contribution in [0.3, 0.4) is 0 Å². The molecule has 2 aromatic rings. The van der Waals surface area contributed by atoms with Crippen molar-refractivity contribution in [3.8, 4) is 17.3 Å². The van der Waals surface area contributed by atoms with E-state index in [-0.39, 0.29) is 0 Å². The van der Waals surface area contributed by atoms with Crippen LogP contribution < -0.4 is 0 Å². The Bertz CT molecular complexity index is 639. The summed E-state index contributed by atoms with van der Waals surface area (Å²) in [7, 11) is 0. The maximum atomic E-state index is 9.34. The van der Waals surface area contributed by atoms with Gasteiger partial charge in [-0.2, -0.15) is 5.26 Å². The molecule has 1 fully saturated rings. The van der Waals surface area contributed by atoms with Crippen molar-refractivity contribution in [1.29, 1.82) is 5.26 Å². The maximum Gasteiger partial charge on any atom is 0.149 e. The Hall–Kier alpha value is -1.92. The van der Waals surface area contributed by atoms with Gasteiger partial charge in [0, 0.05) is 16.8 Å². The summed E-state index contributed by atoms with van der Waals surface area (Å²) in [5.74, 6) is 0.647. The number of nitriles is 1. The number of hydrogen-bond donors (Lipinski definition) is 0. The van der Waals surface area contributed by atoms with Crippen molar-refractivity contribution in [2.75, 3.05) is 0 Å². The van der Waals surface area contributed by atoms with Crippen LogP contribution >= 0.6 is 11.6 Å². The van der Waals surface area contributed by atoms with Crippen LogP contribution in [0.25, 0.3) is 11.3 Å². The van der Waals surface area contributed by atoms with E-state index in [1.165, 1.54) is 0 Å². The number of benzene rings is 1. The predicted octanol–water partition coefficient (Wildman–Crippen LogP) is 3.74. The standard InChI is InChI=1S/C15H12ClN3/c16-12-4-2-11(3-5-12)13-6-9-18-14(19-13)15(10-17)7-1-8-15/h2-6,9H,1,7-8H2. The molecule has 0 saturated heterocycles. The lowest BCUT2D eigenvalue weighted by Crippen LogP contribution is -2.34. The maximum absolute atomic E-state index is 9.34. The van der Waals surface area contributed by atoms with Gasteiger partial charge in [-0.25, -0.2) is 9.97 Å². The zero-order valence-corrected chi connectivity index (χ0v) is 11.1. The average molecular weight is 270 g/mol. The largest absolute Gasteiger partial charge is 0.240 e. The molecule has 1 aromatic carbocycles. The summed E-state index contributed by atoms with van der Waals surface area (Å²) in [5, 5.41) is 10.0. The van der Waals surface area contributed by atoms with Gasteiger partial charge < -0.3 is 0 Å². The third-order valence-electron chi connectivity index (χ3n) is 3.64. The van der Waals surface area contributed by atoms with Crippen LogP contribution in [0.2, 0.25) is 5.02 Å². The fraction of sp³-hybridized carbons (Fsp3) is 0.267. The van der Waals surface area contributed by atoms with Gasteiger partial charge in [0.1, 0.15) is 11.2 Å². The highest BCUT2D eigenvalue weighted by Gasteiger charge is 2.41. The molecule has 0 bridgehead atoms. The van der Waals surface area contributed by atoms with E-state index in [9.17, 15) is 5.26 Å². The quantitative estimate of drug-likeness (QED) is 0.834. The molecule has 0 aliphatic heterocycles. The van der Waals surface area contributed by atoms with E-state index in [1.54, 1.807) is 6.20 Å². The lowest BCUT2D eigenvalue weighted by Gasteiger charge is -2.33. The van der Waals surface area contributed by atoms with E-state index in [1.807, 2.05) is 30.3 Å². The van der Waals surface area contributed by atoms with Gasteiger partial charge >= 0.3 is 0 Å². The fourth-order valence-corrected chi connectivity index (χ4v) is 2.41. The molecule has 0 spiro atoms. The molecule has 0 amide bonds. The van der Waals surface area contributed by atoms with Crippen LogP contribution in [0.4, 0.5) is 0 Å². The summed E-state index contributed by atoms with van der Waals surface area (Å²) in [6, 6.07) is 11.8. The van der Waals surface area contributed by atoms with Crippen LogP contribution in [0, 0.1) is 11.3 Å². The third-order valence-corrected chi connectivity index (χ3v) is 3.90. The van der Waals surface area contributed by atoms with E-state index in [0.29, 0.717) is 10.8 Å². The van der Waals surface area contributed by atoms with Gasteiger partial charge in [0.2, 0.25) is 0 Å². The molecule has 3 nitrogen and oxygen atoms in total. The second-order valence-corrected chi connectivity index (χ2v) is 5.26. The Kier molecular flexibility index (Phi) is 2.96. The van der Waals surface area contributed by atoms with Gasteiger partial charge in [-0.05, 0) is 37.5 Å². The van der Waals surface area contributed by atoms with Crippen molar-refractivity contribution in [3.63, 3.8) is 0 Å². The third kappa shape index (κ3) is 2.09. The molecule has 1 heterocycles. The van der Waals surface area contributed by atoms with Gasteiger partial charge in [-0.3, -0.25) is 0 Å². The Morgan fingerprint density at radius 1 is 1.16 bits per heavy atom. The first-order chi connectivity index (χ1) is 9.23. The Morgan fingerprint density at radius 2 is 1.89 bits per heavy atom. The first-order valence-electron chi connectivity index (χ1n) is 6.24. The molecular weight excluding hydrogens is 258 g/mol. The first kappa shape index (κ1) is 12.1. The van der Waals surface area contributed by atoms with E-state index in [0.717, 1.165) is 30.5 Å². The number of aromatic nitrogens is 2. The molecule has 1 aliphatic rings. The minimum Gasteiger partial charge on any atom is -0.240 e. The van der Waals surface area contributed by atoms with Gasteiger partial charge in [0.15, 0.2) is 0 Å². The normalized spacial score (nSPS) is 16.4. The SMILES string of the molecule is N#CC1(c2nccc(-c3ccc(Cl)cc3)n2)CCC1. The summed E-state index contributed by atoms with van der Waals surface area (Å²) in [6.45, 7) is 0. The van der Waals surface area contributed by atoms with Gasteiger partial charge in [-0.1, -0.05) is 23.7 Å². The van der Waals surface area contributed by atoms with E-state index >= 15 is 0 Å². The highest BCUT2D eigenvalue weighted by molar-refractivity contribution is 6.30. The second kappa shape index (κ2) is 4.64. The minimum absolute atomic E-state index is 0.470. The molecule has 0 radical (unpaired) electrons. The van der Waals surface area contributed by atoms with Gasteiger partial charge in [0.05, 0.1) is 11.8 Å². The Morgan fingerprint density at radius 3 is 2.47 bits per heavy atom. The van der Waals surface area contributed by atoms with Crippen molar-refractivity contribution in [3.05, 3.63) is 47.4 Å². The van der Waals surface area contributed by atoms with E-state index < -0.39 is 5.41 Å². The van der Waals surface area contributed by atoms with Crippen LogP contribution in [0.5, 0.6) is 0 Å². The molecule has 3 rings (SSSR count). The molecule has 1 aliphatic carbocycles. The summed E-state index contributed by atoms with van der Waals surface area (Å²) in [6.07, 6.45) is 4.51. The Labute approximate surface area is 116 Å². The van der Waals surface area contributed by atoms with Crippen LogP contribution in [-0.4, -0.2) is 9.97 Å². The molecule has 0 N–H and O–H groups in total. The lowest BCUT2D eigenvalue weighted by molar-refractivity contribution is 0.307. The van der Waals surface area contributed by atoms with E-state index in [4.69, 9.17) is 11.6 Å². The first-order valence-corrected chi connectivity index (χ1v) is 6.62. The molecule has 4 heteroatoms. The van der Waals surface area contributed by atoms with Crippen LogP contribution in [-0.2, 0) is 5.41 Å². The number of halogens is 1. The zero-order chi connectivity index (χ0) is 13.3. The van der Waals surface area contributed by atoms with Crippen molar-refractivity contribution < 1.29 is 0 Å². The predicted molar refractivity (Wildman–Crippen MR) is 73.6 cm³/mol. The molecule has 0 unspecified atom stereocenters. The fourth-order valence-electron chi connectivity index (χ4n) is 2.29. The van der Waals surface area contributed by atoms with Crippen molar-refractivity contribution >= 4 is 11.6 Å². The van der Waals surface area contributed by atoms with Crippen molar-refractivity contribution in [2.24, 2.45) is 0 Å². The minimum atomic E-state index is -0.470. The molecule has 1 saturated carbocycles. The van der Waals surface area contributed by atoms with E-state index in [2.05, 4.69) is 16.0 Å². The molecule has 19 heavy (non-hydrogen) atoms.